The number of carbonyl (C=O) groups is 1. The Kier molecular flexibility index (Phi) is 6.27. The van der Waals surface area contributed by atoms with Crippen LogP contribution in [0.25, 0.3) is 0 Å². The second kappa shape index (κ2) is 8.41. The molecule has 0 aliphatic rings. The van der Waals surface area contributed by atoms with E-state index in [0.717, 1.165) is 34.6 Å². The van der Waals surface area contributed by atoms with Crippen LogP contribution < -0.4 is 16.2 Å². The molecule has 0 radical (unpaired) electrons. The number of aryl methyl sites for hydroxylation is 3. The van der Waals surface area contributed by atoms with Gasteiger partial charge in [0.15, 0.2) is 0 Å². The first-order chi connectivity index (χ1) is 11.9. The van der Waals surface area contributed by atoms with Gasteiger partial charge in [-0.1, -0.05) is 13.8 Å². The highest BCUT2D eigenvalue weighted by Crippen LogP contribution is 2.10. The quantitative estimate of drug-likeness (QED) is 0.746. The van der Waals surface area contributed by atoms with Crippen molar-refractivity contribution in [1.29, 1.82) is 0 Å². The maximum atomic E-state index is 12.1. The highest BCUT2D eigenvalue weighted by atomic mass is 16.2. The number of hydrogen-bond acceptors (Lipinski definition) is 4. The molecule has 25 heavy (non-hydrogen) atoms. The Hall–Kier alpha value is -2.70. The number of hydrogen-bond donors (Lipinski definition) is 3. The highest BCUT2D eigenvalue weighted by Gasteiger charge is 2.12. The normalized spacial score (nSPS) is 10.6. The third-order valence-electron chi connectivity index (χ3n) is 3.99. The van der Waals surface area contributed by atoms with Gasteiger partial charge in [0, 0.05) is 23.5 Å². The van der Waals surface area contributed by atoms with Gasteiger partial charge in [0.25, 0.3) is 5.56 Å². The fourth-order valence-corrected chi connectivity index (χ4v) is 2.90. The Bertz CT molecular complexity index is 793. The van der Waals surface area contributed by atoms with Crippen molar-refractivity contribution in [3.63, 3.8) is 0 Å². The first-order valence-electron chi connectivity index (χ1n) is 8.49. The average molecular weight is 343 g/mol. The van der Waals surface area contributed by atoms with E-state index in [-0.39, 0.29) is 18.1 Å². The first kappa shape index (κ1) is 18.6. The minimum atomic E-state index is -0.316. The molecule has 2 rings (SSSR count). The molecule has 0 aliphatic carbocycles. The van der Waals surface area contributed by atoms with Crippen molar-refractivity contribution in [3.05, 3.63) is 56.3 Å². The minimum absolute atomic E-state index is 0.175. The Balaban J connectivity index is 1.99. The Morgan fingerprint density at radius 3 is 2.28 bits per heavy atom. The zero-order chi connectivity index (χ0) is 18.4. The van der Waals surface area contributed by atoms with E-state index >= 15 is 0 Å². The number of nitrogens with one attached hydrogen (secondary N) is 3. The van der Waals surface area contributed by atoms with Crippen molar-refractivity contribution in [2.45, 2.75) is 53.6 Å². The number of nitrogens with zero attached hydrogens (tertiary/aromatic N) is 2. The molecular formula is C18H25N5O2. The van der Waals surface area contributed by atoms with Crippen molar-refractivity contribution in [2.75, 3.05) is 0 Å². The van der Waals surface area contributed by atoms with Gasteiger partial charge in [-0.25, -0.2) is 9.89 Å². The first-order valence-corrected chi connectivity index (χ1v) is 8.49. The van der Waals surface area contributed by atoms with Crippen LogP contribution in [-0.2, 0) is 25.9 Å². The molecular weight excluding hydrogens is 318 g/mol. The number of aromatic nitrogens is 3. The summed E-state index contributed by atoms with van der Waals surface area (Å²) in [5.41, 5.74) is 4.91. The summed E-state index contributed by atoms with van der Waals surface area (Å²) in [6.45, 7) is 8.39. The number of carbonyl (C=O) groups excluding carboxylic acids is 1. The standard InChI is InChI=1S/C18H25N5O2/c1-5-14-15(17(24)23-22-16(14)6-2)10-20-18(25)19-9-13-7-11(3)21-12(4)8-13/h7-8H,5-6,9-10H2,1-4H3,(H,23,24)(H2,19,20,25). The fourth-order valence-electron chi connectivity index (χ4n) is 2.90. The number of H-pyrrole nitrogens is 1. The van der Waals surface area contributed by atoms with Crippen LogP contribution >= 0.6 is 0 Å². The monoisotopic (exact) mass is 343 g/mol. The summed E-state index contributed by atoms with van der Waals surface area (Å²) in [5.74, 6) is 0. The summed E-state index contributed by atoms with van der Waals surface area (Å²) in [5, 5.41) is 12.1. The molecule has 2 amide bonds. The van der Waals surface area contributed by atoms with Crippen LogP contribution in [-0.4, -0.2) is 21.2 Å². The number of rotatable bonds is 6. The molecule has 0 bridgehead atoms. The maximum absolute atomic E-state index is 12.1. The fraction of sp³-hybridized carbons (Fsp3) is 0.444. The molecule has 2 aromatic rings. The van der Waals surface area contributed by atoms with Gasteiger partial charge in [-0.15, -0.1) is 0 Å². The molecule has 0 aliphatic heterocycles. The predicted octanol–water partition coefficient (Wildman–Crippen LogP) is 1.91. The van der Waals surface area contributed by atoms with Crippen LogP contribution in [0, 0.1) is 13.8 Å². The third-order valence-corrected chi connectivity index (χ3v) is 3.99. The van der Waals surface area contributed by atoms with E-state index in [2.05, 4.69) is 25.8 Å². The lowest BCUT2D eigenvalue weighted by atomic mass is 10.0. The molecule has 0 saturated heterocycles. The Labute approximate surface area is 147 Å². The Morgan fingerprint density at radius 1 is 1.04 bits per heavy atom. The number of pyridine rings is 1. The van der Waals surface area contributed by atoms with Crippen LogP contribution in [0.1, 0.15) is 47.6 Å². The molecule has 0 unspecified atom stereocenters. The van der Waals surface area contributed by atoms with E-state index in [1.807, 2.05) is 39.8 Å². The molecule has 0 aromatic carbocycles. The summed E-state index contributed by atoms with van der Waals surface area (Å²) >= 11 is 0. The predicted molar refractivity (Wildman–Crippen MR) is 96.4 cm³/mol. The van der Waals surface area contributed by atoms with Gasteiger partial charge in [-0.3, -0.25) is 9.78 Å². The van der Waals surface area contributed by atoms with Crippen molar-refractivity contribution in [3.8, 4) is 0 Å². The minimum Gasteiger partial charge on any atom is -0.334 e. The smallest absolute Gasteiger partial charge is 0.315 e. The lowest BCUT2D eigenvalue weighted by Crippen LogP contribution is -2.36. The molecule has 0 fully saturated rings. The molecule has 2 aromatic heterocycles. The molecule has 7 nitrogen and oxygen atoms in total. The topological polar surface area (TPSA) is 99.8 Å². The molecule has 0 atom stereocenters. The number of urea groups is 1. The molecule has 7 heteroatoms. The maximum Gasteiger partial charge on any atom is 0.315 e. The summed E-state index contributed by atoms with van der Waals surface area (Å²) < 4.78 is 0. The largest absolute Gasteiger partial charge is 0.334 e. The van der Waals surface area contributed by atoms with Crippen LogP contribution in [0.5, 0.6) is 0 Å². The van der Waals surface area contributed by atoms with Gasteiger partial charge in [-0.05, 0) is 49.9 Å². The second-order valence-corrected chi connectivity index (χ2v) is 5.96. The third kappa shape index (κ3) is 4.89. The van der Waals surface area contributed by atoms with E-state index in [9.17, 15) is 9.59 Å². The van der Waals surface area contributed by atoms with Crippen LogP contribution in [0.4, 0.5) is 4.79 Å². The highest BCUT2D eigenvalue weighted by molar-refractivity contribution is 5.73. The SMILES string of the molecule is CCc1n[nH]c(=O)c(CNC(=O)NCc2cc(C)nc(C)c2)c1CC. The molecule has 0 spiro atoms. The van der Waals surface area contributed by atoms with E-state index in [4.69, 9.17) is 0 Å². The van der Waals surface area contributed by atoms with Crippen LogP contribution in [0.2, 0.25) is 0 Å². The molecule has 2 heterocycles. The van der Waals surface area contributed by atoms with E-state index in [0.29, 0.717) is 18.5 Å². The second-order valence-electron chi connectivity index (χ2n) is 5.96. The number of aromatic amines is 1. The average Bonchev–Trinajstić information content (AvgIpc) is 2.57. The van der Waals surface area contributed by atoms with E-state index in [1.54, 1.807) is 0 Å². The van der Waals surface area contributed by atoms with Gasteiger partial charge in [0.05, 0.1) is 12.2 Å². The zero-order valence-electron chi connectivity index (χ0n) is 15.2. The van der Waals surface area contributed by atoms with Gasteiger partial charge in [0.1, 0.15) is 0 Å². The van der Waals surface area contributed by atoms with E-state index in [1.165, 1.54) is 0 Å². The van der Waals surface area contributed by atoms with Crippen LogP contribution in [0.15, 0.2) is 16.9 Å². The molecule has 3 N–H and O–H groups in total. The van der Waals surface area contributed by atoms with Crippen LogP contribution in [0.3, 0.4) is 0 Å². The van der Waals surface area contributed by atoms with Gasteiger partial charge in [0.2, 0.25) is 0 Å². The lowest BCUT2D eigenvalue weighted by Gasteiger charge is -2.12. The summed E-state index contributed by atoms with van der Waals surface area (Å²) in [7, 11) is 0. The van der Waals surface area contributed by atoms with Crippen molar-refractivity contribution < 1.29 is 4.79 Å². The summed E-state index contributed by atoms with van der Waals surface area (Å²) in [6, 6.07) is 3.55. The van der Waals surface area contributed by atoms with Crippen molar-refractivity contribution in [2.24, 2.45) is 0 Å². The van der Waals surface area contributed by atoms with Gasteiger partial charge < -0.3 is 10.6 Å². The van der Waals surface area contributed by atoms with Gasteiger partial charge >= 0.3 is 6.03 Å². The summed E-state index contributed by atoms with van der Waals surface area (Å²) in [6.07, 6.45) is 1.44. The van der Waals surface area contributed by atoms with E-state index < -0.39 is 0 Å². The Morgan fingerprint density at radius 2 is 1.68 bits per heavy atom. The van der Waals surface area contributed by atoms with Crippen molar-refractivity contribution >= 4 is 6.03 Å². The zero-order valence-corrected chi connectivity index (χ0v) is 15.2. The molecule has 134 valence electrons. The molecule has 0 saturated carbocycles. The van der Waals surface area contributed by atoms with Crippen molar-refractivity contribution in [1.82, 2.24) is 25.8 Å². The number of amides is 2. The lowest BCUT2D eigenvalue weighted by molar-refractivity contribution is 0.240. The summed E-state index contributed by atoms with van der Waals surface area (Å²) in [4.78, 5) is 28.4. The van der Waals surface area contributed by atoms with Gasteiger partial charge in [-0.2, -0.15) is 5.10 Å².